The van der Waals surface area contributed by atoms with Crippen molar-refractivity contribution in [2.45, 2.75) is 37.1 Å². The van der Waals surface area contributed by atoms with Gasteiger partial charge in [0.05, 0.1) is 0 Å². The van der Waals surface area contributed by atoms with Crippen molar-refractivity contribution in [1.82, 2.24) is 9.71 Å². The van der Waals surface area contributed by atoms with Crippen LogP contribution in [-0.2, 0) is 10.0 Å². The molecule has 0 unspecified atom stereocenters. The molecule has 3 N–H and O–H groups in total. The number of nitrogens with two attached hydrogens (primary N) is 1. The zero-order valence-corrected chi connectivity index (χ0v) is 11.9. The lowest BCUT2D eigenvalue weighted by atomic mass is 9.95. The summed E-state index contributed by atoms with van der Waals surface area (Å²) in [4.78, 5) is 3.77. The van der Waals surface area contributed by atoms with Gasteiger partial charge in [-0.25, -0.2) is 18.1 Å². The van der Waals surface area contributed by atoms with Crippen LogP contribution in [-0.4, -0.2) is 25.5 Å². The van der Waals surface area contributed by atoms with Crippen LogP contribution in [0, 0.1) is 11.3 Å². The topological polar surface area (TPSA) is 109 Å². The van der Waals surface area contributed by atoms with Gasteiger partial charge in [0.25, 0.3) is 0 Å². The maximum atomic E-state index is 12.0. The number of nitriles is 1. The van der Waals surface area contributed by atoms with E-state index < -0.39 is 15.6 Å². The molecule has 1 aromatic heterocycles. The monoisotopic (exact) mass is 282 g/mol. The fraction of sp³-hybridized carbons (Fsp3) is 0.500. The molecule has 0 saturated carbocycles. The normalized spacial score (nSPS) is 12.1. The summed E-state index contributed by atoms with van der Waals surface area (Å²) < 4.78 is 26.5. The van der Waals surface area contributed by atoms with Crippen molar-refractivity contribution in [1.29, 1.82) is 5.26 Å². The SMILES string of the molecule is CCC(N)(CC)CNS(=O)(=O)c1ccc(C#N)nc1. The second kappa shape index (κ2) is 6.10. The third-order valence-corrected chi connectivity index (χ3v) is 4.57. The maximum Gasteiger partial charge on any atom is 0.242 e. The number of hydrogen-bond donors (Lipinski definition) is 2. The van der Waals surface area contributed by atoms with Crippen LogP contribution in [0.15, 0.2) is 23.2 Å². The summed E-state index contributed by atoms with van der Waals surface area (Å²) in [6.07, 6.45) is 2.52. The van der Waals surface area contributed by atoms with Gasteiger partial charge < -0.3 is 5.73 Å². The Kier molecular flexibility index (Phi) is 5.00. The lowest BCUT2D eigenvalue weighted by Crippen LogP contribution is -2.49. The first kappa shape index (κ1) is 15.6. The van der Waals surface area contributed by atoms with E-state index in [-0.39, 0.29) is 17.1 Å². The Balaban J connectivity index is 2.84. The van der Waals surface area contributed by atoms with Gasteiger partial charge in [-0.15, -0.1) is 0 Å². The molecule has 19 heavy (non-hydrogen) atoms. The molecule has 0 bridgehead atoms. The van der Waals surface area contributed by atoms with E-state index in [0.717, 1.165) is 6.20 Å². The first-order valence-corrected chi connectivity index (χ1v) is 7.50. The summed E-state index contributed by atoms with van der Waals surface area (Å²) >= 11 is 0. The summed E-state index contributed by atoms with van der Waals surface area (Å²) in [6, 6.07) is 4.55. The molecule has 0 radical (unpaired) electrons. The first-order valence-electron chi connectivity index (χ1n) is 6.01. The van der Waals surface area contributed by atoms with Crippen molar-refractivity contribution in [2.75, 3.05) is 6.54 Å². The minimum Gasteiger partial charge on any atom is -0.324 e. The fourth-order valence-corrected chi connectivity index (χ4v) is 2.51. The van der Waals surface area contributed by atoms with Crippen LogP contribution in [0.2, 0.25) is 0 Å². The summed E-state index contributed by atoms with van der Waals surface area (Å²) in [5.41, 5.74) is 5.67. The average molecular weight is 282 g/mol. The Morgan fingerprint density at radius 1 is 1.42 bits per heavy atom. The van der Waals surface area contributed by atoms with Gasteiger partial charge >= 0.3 is 0 Å². The Morgan fingerprint density at radius 3 is 2.47 bits per heavy atom. The summed E-state index contributed by atoms with van der Waals surface area (Å²) in [5.74, 6) is 0. The predicted octanol–water partition coefficient (Wildman–Crippen LogP) is 0.749. The van der Waals surface area contributed by atoms with Crippen LogP contribution >= 0.6 is 0 Å². The Hall–Kier alpha value is -1.49. The predicted molar refractivity (Wildman–Crippen MR) is 71.6 cm³/mol. The fourth-order valence-electron chi connectivity index (χ4n) is 1.43. The van der Waals surface area contributed by atoms with E-state index in [0.29, 0.717) is 12.8 Å². The number of nitrogens with zero attached hydrogens (tertiary/aromatic N) is 2. The largest absolute Gasteiger partial charge is 0.324 e. The van der Waals surface area contributed by atoms with E-state index >= 15 is 0 Å². The number of sulfonamides is 1. The van der Waals surface area contributed by atoms with E-state index in [2.05, 4.69) is 9.71 Å². The second-order valence-electron chi connectivity index (χ2n) is 4.38. The molecule has 7 heteroatoms. The highest BCUT2D eigenvalue weighted by atomic mass is 32.2. The van der Waals surface area contributed by atoms with Gasteiger partial charge in [0.2, 0.25) is 10.0 Å². The molecule has 0 atom stereocenters. The Morgan fingerprint density at radius 2 is 2.05 bits per heavy atom. The molecular formula is C12H18N4O2S. The molecule has 0 aromatic carbocycles. The molecular weight excluding hydrogens is 264 g/mol. The molecule has 0 spiro atoms. The molecule has 1 aromatic rings. The lowest BCUT2D eigenvalue weighted by molar-refractivity contribution is 0.391. The molecule has 0 aliphatic rings. The first-order chi connectivity index (χ1) is 8.87. The maximum absolute atomic E-state index is 12.0. The highest BCUT2D eigenvalue weighted by molar-refractivity contribution is 7.89. The second-order valence-corrected chi connectivity index (χ2v) is 6.15. The quantitative estimate of drug-likeness (QED) is 0.800. The number of rotatable bonds is 6. The van der Waals surface area contributed by atoms with E-state index in [1.54, 1.807) is 0 Å². The van der Waals surface area contributed by atoms with Crippen molar-refractivity contribution in [3.05, 3.63) is 24.0 Å². The number of hydrogen-bond acceptors (Lipinski definition) is 5. The number of pyridine rings is 1. The highest BCUT2D eigenvalue weighted by Gasteiger charge is 2.24. The Labute approximate surface area is 113 Å². The third kappa shape index (κ3) is 3.99. The summed E-state index contributed by atoms with van der Waals surface area (Å²) in [5, 5.41) is 8.61. The van der Waals surface area contributed by atoms with Crippen LogP contribution in [0.1, 0.15) is 32.4 Å². The molecule has 1 rings (SSSR count). The molecule has 0 fully saturated rings. The van der Waals surface area contributed by atoms with E-state index in [1.165, 1.54) is 12.1 Å². The van der Waals surface area contributed by atoms with E-state index in [4.69, 9.17) is 11.0 Å². The van der Waals surface area contributed by atoms with Crippen LogP contribution < -0.4 is 10.5 Å². The molecule has 6 nitrogen and oxygen atoms in total. The van der Waals surface area contributed by atoms with E-state index in [1.807, 2.05) is 19.9 Å². The van der Waals surface area contributed by atoms with Gasteiger partial charge in [-0.1, -0.05) is 13.8 Å². The minimum absolute atomic E-state index is 0.0288. The molecule has 104 valence electrons. The van der Waals surface area contributed by atoms with Crippen LogP contribution in [0.5, 0.6) is 0 Å². The standard InChI is InChI=1S/C12H18N4O2S/c1-3-12(14,4-2)9-16-19(17,18)11-6-5-10(7-13)15-8-11/h5-6,8,16H,3-4,9,14H2,1-2H3. The van der Waals surface area contributed by atoms with Crippen LogP contribution in [0.25, 0.3) is 0 Å². The van der Waals surface area contributed by atoms with Crippen LogP contribution in [0.3, 0.4) is 0 Å². The zero-order valence-electron chi connectivity index (χ0n) is 11.0. The molecule has 0 saturated heterocycles. The zero-order chi connectivity index (χ0) is 14.5. The molecule has 0 aliphatic carbocycles. The summed E-state index contributed by atoms with van der Waals surface area (Å²) in [6.45, 7) is 4.00. The minimum atomic E-state index is -3.64. The van der Waals surface area contributed by atoms with E-state index in [9.17, 15) is 8.42 Å². The lowest BCUT2D eigenvalue weighted by Gasteiger charge is -2.26. The van der Waals surface area contributed by atoms with Crippen molar-refractivity contribution in [3.63, 3.8) is 0 Å². The average Bonchev–Trinajstić information content (AvgIpc) is 2.45. The highest BCUT2D eigenvalue weighted by Crippen LogP contribution is 2.12. The third-order valence-electron chi connectivity index (χ3n) is 3.18. The van der Waals surface area contributed by atoms with Gasteiger partial charge in [0.1, 0.15) is 16.7 Å². The van der Waals surface area contributed by atoms with Gasteiger partial charge in [0.15, 0.2) is 0 Å². The van der Waals surface area contributed by atoms with Crippen molar-refractivity contribution < 1.29 is 8.42 Å². The smallest absolute Gasteiger partial charge is 0.242 e. The van der Waals surface area contributed by atoms with Crippen molar-refractivity contribution in [2.24, 2.45) is 5.73 Å². The van der Waals surface area contributed by atoms with Gasteiger partial charge in [0, 0.05) is 18.3 Å². The number of nitrogens with one attached hydrogen (secondary N) is 1. The number of aromatic nitrogens is 1. The molecule has 1 heterocycles. The van der Waals surface area contributed by atoms with Gasteiger partial charge in [-0.2, -0.15) is 5.26 Å². The molecule has 0 aliphatic heterocycles. The van der Waals surface area contributed by atoms with Crippen LogP contribution in [0.4, 0.5) is 0 Å². The molecule has 0 amide bonds. The summed E-state index contributed by atoms with van der Waals surface area (Å²) in [7, 11) is -3.64. The van der Waals surface area contributed by atoms with Gasteiger partial charge in [-0.05, 0) is 25.0 Å². The van der Waals surface area contributed by atoms with Crippen molar-refractivity contribution in [3.8, 4) is 6.07 Å². The van der Waals surface area contributed by atoms with Gasteiger partial charge in [-0.3, -0.25) is 0 Å². The Bertz CT molecular complexity index is 556. The van der Waals surface area contributed by atoms with Crippen molar-refractivity contribution >= 4 is 10.0 Å².